The van der Waals surface area contributed by atoms with Crippen molar-refractivity contribution in [3.63, 3.8) is 0 Å². The normalized spacial score (nSPS) is 11.0. The van der Waals surface area contributed by atoms with Crippen LogP contribution in [0.3, 0.4) is 0 Å². The Balaban J connectivity index is 3.08. The number of hydrogen-bond acceptors (Lipinski definition) is 2. The highest BCUT2D eigenvalue weighted by Crippen LogP contribution is 2.16. The highest BCUT2D eigenvalue weighted by molar-refractivity contribution is 5.94. The van der Waals surface area contributed by atoms with Gasteiger partial charge in [-0.3, -0.25) is 9.59 Å². The van der Waals surface area contributed by atoms with E-state index in [0.29, 0.717) is 12.1 Å². The average molecular weight is 234 g/mol. The second-order valence-corrected chi connectivity index (χ2v) is 4.82. The van der Waals surface area contributed by atoms with Gasteiger partial charge in [0.25, 0.3) is 5.91 Å². The number of rotatable bonds is 3. The highest BCUT2D eigenvalue weighted by Gasteiger charge is 2.26. The first-order chi connectivity index (χ1) is 7.86. The molecule has 1 aromatic heterocycles. The van der Waals surface area contributed by atoms with E-state index in [1.165, 1.54) is 12.3 Å². The smallest absolute Gasteiger partial charge is 0.254 e. The molecule has 0 saturated carbocycles. The van der Waals surface area contributed by atoms with Crippen LogP contribution < -0.4 is 5.56 Å². The number of nitrogens with zero attached hydrogens (tertiary/aromatic N) is 1. The van der Waals surface area contributed by atoms with Crippen LogP contribution in [0.1, 0.15) is 31.1 Å². The maximum Gasteiger partial charge on any atom is 0.254 e. The van der Waals surface area contributed by atoms with E-state index in [0.717, 1.165) is 0 Å². The molecule has 0 saturated heterocycles. The molecular weight excluding hydrogens is 216 g/mol. The van der Waals surface area contributed by atoms with E-state index in [4.69, 9.17) is 0 Å². The van der Waals surface area contributed by atoms with Gasteiger partial charge in [0.15, 0.2) is 0 Å². The molecule has 0 fully saturated rings. The van der Waals surface area contributed by atoms with E-state index >= 15 is 0 Å². The molecule has 4 heteroatoms. The third-order valence-corrected chi connectivity index (χ3v) is 2.39. The molecule has 0 unspecified atom stereocenters. The molecule has 4 nitrogen and oxygen atoms in total. The predicted octanol–water partition coefficient (Wildman–Crippen LogP) is 1.80. The first-order valence-corrected chi connectivity index (χ1v) is 5.48. The van der Waals surface area contributed by atoms with Gasteiger partial charge in [0, 0.05) is 29.9 Å². The van der Waals surface area contributed by atoms with Crippen molar-refractivity contribution in [2.45, 2.75) is 26.3 Å². The van der Waals surface area contributed by atoms with Crippen molar-refractivity contribution in [1.82, 2.24) is 9.88 Å². The molecule has 0 aliphatic rings. The summed E-state index contributed by atoms with van der Waals surface area (Å²) in [4.78, 5) is 27.6. The summed E-state index contributed by atoms with van der Waals surface area (Å²) in [5.74, 6) is -0.163. The average Bonchev–Trinajstić information content (AvgIpc) is 2.23. The fourth-order valence-electron chi connectivity index (χ4n) is 1.52. The summed E-state index contributed by atoms with van der Waals surface area (Å²) in [5.41, 5.74) is -0.192. The Morgan fingerprint density at radius 2 is 2.18 bits per heavy atom. The van der Waals surface area contributed by atoms with Gasteiger partial charge < -0.3 is 9.88 Å². The van der Waals surface area contributed by atoms with Crippen molar-refractivity contribution in [3.05, 3.63) is 46.9 Å². The van der Waals surface area contributed by atoms with E-state index in [2.05, 4.69) is 11.6 Å². The summed E-state index contributed by atoms with van der Waals surface area (Å²) in [6.45, 7) is 9.94. The SMILES string of the molecule is C=CCN(C(=O)c1cc[nH]c(=O)c1)C(C)(C)C. The maximum atomic E-state index is 12.3. The zero-order valence-electron chi connectivity index (χ0n) is 10.5. The summed E-state index contributed by atoms with van der Waals surface area (Å²) < 4.78 is 0. The number of H-pyrrole nitrogens is 1. The lowest BCUT2D eigenvalue weighted by atomic mass is 10.0. The number of aromatic nitrogens is 1. The Morgan fingerprint density at radius 1 is 1.53 bits per heavy atom. The minimum atomic E-state index is -0.312. The number of carbonyl (C=O) groups is 1. The topological polar surface area (TPSA) is 53.2 Å². The van der Waals surface area contributed by atoms with Crippen LogP contribution in [0.2, 0.25) is 0 Å². The third kappa shape index (κ3) is 3.31. The molecular formula is C13H18N2O2. The van der Waals surface area contributed by atoms with Crippen LogP contribution in [0.5, 0.6) is 0 Å². The molecule has 0 aromatic carbocycles. The largest absolute Gasteiger partial charge is 0.330 e. The molecule has 0 radical (unpaired) electrons. The van der Waals surface area contributed by atoms with E-state index < -0.39 is 0 Å². The summed E-state index contributed by atoms with van der Waals surface area (Å²) in [6, 6.07) is 2.91. The van der Waals surface area contributed by atoms with E-state index in [9.17, 15) is 9.59 Å². The first kappa shape index (κ1) is 13.2. The number of hydrogen-bond donors (Lipinski definition) is 1. The van der Waals surface area contributed by atoms with Crippen LogP contribution in [0.4, 0.5) is 0 Å². The molecule has 1 N–H and O–H groups in total. The number of aromatic amines is 1. The van der Waals surface area contributed by atoms with Crippen LogP contribution >= 0.6 is 0 Å². The van der Waals surface area contributed by atoms with Crippen molar-refractivity contribution in [2.75, 3.05) is 6.54 Å². The zero-order chi connectivity index (χ0) is 13.1. The number of amides is 1. The van der Waals surface area contributed by atoms with E-state index in [1.807, 2.05) is 20.8 Å². The quantitative estimate of drug-likeness (QED) is 0.811. The van der Waals surface area contributed by atoms with Gasteiger partial charge >= 0.3 is 0 Å². The predicted molar refractivity (Wildman–Crippen MR) is 68.0 cm³/mol. The summed E-state index contributed by atoms with van der Waals surface area (Å²) >= 11 is 0. The fraction of sp³-hybridized carbons (Fsp3) is 0.385. The standard InChI is InChI=1S/C13H18N2O2/c1-5-8-15(13(2,3)4)12(17)10-6-7-14-11(16)9-10/h5-7,9H,1,8H2,2-4H3,(H,14,16). The molecule has 0 spiro atoms. The molecule has 1 heterocycles. The van der Waals surface area contributed by atoms with Gasteiger partial charge in [-0.2, -0.15) is 0 Å². The Kier molecular flexibility index (Phi) is 3.89. The van der Waals surface area contributed by atoms with Crippen LogP contribution in [0.15, 0.2) is 35.8 Å². The van der Waals surface area contributed by atoms with Crippen LogP contribution in [0, 0.1) is 0 Å². The molecule has 1 aromatic rings. The number of carbonyl (C=O) groups excluding carboxylic acids is 1. The van der Waals surface area contributed by atoms with Crippen molar-refractivity contribution in [1.29, 1.82) is 0 Å². The van der Waals surface area contributed by atoms with Gasteiger partial charge in [-0.15, -0.1) is 6.58 Å². The van der Waals surface area contributed by atoms with Gasteiger partial charge in [0.05, 0.1) is 0 Å². The molecule has 17 heavy (non-hydrogen) atoms. The molecule has 0 aliphatic carbocycles. The summed E-state index contributed by atoms with van der Waals surface area (Å²) in [6.07, 6.45) is 3.15. The molecule has 92 valence electrons. The summed E-state index contributed by atoms with van der Waals surface area (Å²) in [7, 11) is 0. The minimum absolute atomic E-state index is 0.163. The van der Waals surface area contributed by atoms with Crippen LogP contribution in [0.25, 0.3) is 0 Å². The van der Waals surface area contributed by atoms with Gasteiger partial charge in [-0.25, -0.2) is 0 Å². The molecule has 0 aliphatic heterocycles. The molecule has 1 rings (SSSR count). The highest BCUT2D eigenvalue weighted by atomic mass is 16.2. The van der Waals surface area contributed by atoms with E-state index in [-0.39, 0.29) is 17.0 Å². The van der Waals surface area contributed by atoms with Crippen LogP contribution in [-0.2, 0) is 0 Å². The lowest BCUT2D eigenvalue weighted by molar-refractivity contribution is 0.0616. The Bertz CT molecular complexity index is 469. The molecule has 0 bridgehead atoms. The van der Waals surface area contributed by atoms with Crippen molar-refractivity contribution in [3.8, 4) is 0 Å². The maximum absolute atomic E-state index is 12.3. The molecule has 0 atom stereocenters. The van der Waals surface area contributed by atoms with Gasteiger partial charge in [0.1, 0.15) is 0 Å². The number of nitrogens with one attached hydrogen (secondary N) is 1. The lowest BCUT2D eigenvalue weighted by Gasteiger charge is -2.35. The van der Waals surface area contributed by atoms with Crippen molar-refractivity contribution >= 4 is 5.91 Å². The van der Waals surface area contributed by atoms with Gasteiger partial charge in [0.2, 0.25) is 5.56 Å². The third-order valence-electron chi connectivity index (χ3n) is 2.39. The fourth-order valence-corrected chi connectivity index (χ4v) is 1.52. The van der Waals surface area contributed by atoms with Crippen molar-refractivity contribution < 1.29 is 4.79 Å². The van der Waals surface area contributed by atoms with E-state index in [1.54, 1.807) is 17.0 Å². The Hall–Kier alpha value is -1.84. The second-order valence-electron chi connectivity index (χ2n) is 4.82. The van der Waals surface area contributed by atoms with Gasteiger partial charge in [-0.1, -0.05) is 6.08 Å². The lowest BCUT2D eigenvalue weighted by Crippen LogP contribution is -2.45. The van der Waals surface area contributed by atoms with Crippen molar-refractivity contribution in [2.24, 2.45) is 0 Å². The Labute approximate surface area is 101 Å². The zero-order valence-corrected chi connectivity index (χ0v) is 10.5. The van der Waals surface area contributed by atoms with Crippen LogP contribution in [-0.4, -0.2) is 27.9 Å². The summed E-state index contributed by atoms with van der Waals surface area (Å²) in [5, 5.41) is 0. The van der Waals surface area contributed by atoms with Gasteiger partial charge in [-0.05, 0) is 26.8 Å². The monoisotopic (exact) mass is 234 g/mol. The second kappa shape index (κ2) is 4.99. The first-order valence-electron chi connectivity index (χ1n) is 5.48. The number of pyridine rings is 1. The molecule has 1 amide bonds. The minimum Gasteiger partial charge on any atom is -0.330 e. The Morgan fingerprint density at radius 3 is 2.65 bits per heavy atom.